The monoisotopic (exact) mass is 368 g/mol. The molecule has 0 aromatic heterocycles. The number of benzene rings is 1. The molecule has 0 bridgehead atoms. The second kappa shape index (κ2) is 7.15. The van der Waals surface area contributed by atoms with E-state index in [2.05, 4.69) is 6.58 Å². The minimum absolute atomic E-state index is 0.293. The molecule has 2 fully saturated rings. The highest BCUT2D eigenvalue weighted by molar-refractivity contribution is 7.89. The number of rotatable bonds is 5. The number of likely N-dealkylation sites (tertiary alicyclic amines) is 1. The maximum Gasteiger partial charge on any atom is 0.243 e. The molecular weight excluding hydrogens is 343 g/mol. The summed E-state index contributed by atoms with van der Waals surface area (Å²) in [6, 6.07) is 6.90. The van der Waals surface area contributed by atoms with Crippen molar-refractivity contribution >= 4 is 10.0 Å². The number of ether oxygens (including phenoxy) is 1. The molecule has 1 atom stereocenters. The van der Waals surface area contributed by atoms with E-state index in [1.165, 1.54) is 4.31 Å². The van der Waals surface area contributed by atoms with Gasteiger partial charge in [-0.3, -0.25) is 4.90 Å². The molecule has 7 heteroatoms. The van der Waals surface area contributed by atoms with E-state index >= 15 is 0 Å². The molecule has 0 N–H and O–H groups in total. The average Bonchev–Trinajstić information content (AvgIpc) is 2.98. The van der Waals surface area contributed by atoms with Crippen LogP contribution in [0.1, 0.15) is 18.9 Å². The number of alkyl halides is 1. The summed E-state index contributed by atoms with van der Waals surface area (Å²) in [5, 5.41) is 0. The molecule has 1 unspecified atom stereocenters. The Morgan fingerprint density at radius 2 is 1.88 bits per heavy atom. The van der Waals surface area contributed by atoms with Crippen molar-refractivity contribution in [3.63, 3.8) is 0 Å². The van der Waals surface area contributed by atoms with Crippen LogP contribution >= 0.6 is 0 Å². The summed E-state index contributed by atoms with van der Waals surface area (Å²) in [4.78, 5) is 2.33. The summed E-state index contributed by atoms with van der Waals surface area (Å²) in [7, 11) is -3.47. The van der Waals surface area contributed by atoms with Gasteiger partial charge in [0.25, 0.3) is 0 Å². The van der Waals surface area contributed by atoms with Crippen molar-refractivity contribution in [1.82, 2.24) is 9.21 Å². The van der Waals surface area contributed by atoms with Crippen LogP contribution in [0.3, 0.4) is 0 Å². The second-order valence-electron chi connectivity index (χ2n) is 6.87. The zero-order valence-electron chi connectivity index (χ0n) is 14.6. The lowest BCUT2D eigenvalue weighted by Gasteiger charge is -2.26. The summed E-state index contributed by atoms with van der Waals surface area (Å²) in [6.45, 7) is 8.75. The number of nitrogens with zero attached hydrogens (tertiary/aromatic N) is 2. The summed E-state index contributed by atoms with van der Waals surface area (Å²) in [5.41, 5.74) is 0.244. The molecule has 0 amide bonds. The van der Waals surface area contributed by atoms with Gasteiger partial charge in [0.15, 0.2) is 0 Å². The minimum atomic E-state index is -3.47. The molecule has 1 aromatic rings. The number of halogens is 1. The Bertz CT molecular complexity index is 729. The maximum atomic E-state index is 14.6. The van der Waals surface area contributed by atoms with Crippen LogP contribution in [0.5, 0.6) is 0 Å². The summed E-state index contributed by atoms with van der Waals surface area (Å²) in [6.07, 6.45) is 0.464. The van der Waals surface area contributed by atoms with Crippen LogP contribution in [0.25, 0.3) is 0 Å². The van der Waals surface area contributed by atoms with Gasteiger partial charge in [-0.1, -0.05) is 18.7 Å². The molecule has 1 aromatic carbocycles. The number of hydrogen-bond acceptors (Lipinski definition) is 4. The SMILES string of the molecule is C=C(C)C1(F)CCN(Cc2ccc(S(=O)(=O)N3CCOCC3)cc2)C1. The average molecular weight is 368 g/mol. The van der Waals surface area contributed by atoms with Crippen molar-refractivity contribution in [3.05, 3.63) is 42.0 Å². The van der Waals surface area contributed by atoms with E-state index < -0.39 is 15.7 Å². The van der Waals surface area contributed by atoms with Gasteiger partial charge < -0.3 is 4.74 Å². The lowest BCUT2D eigenvalue weighted by Crippen LogP contribution is -2.40. The Hall–Kier alpha value is -1.28. The molecule has 0 radical (unpaired) electrons. The first-order valence-electron chi connectivity index (χ1n) is 8.55. The normalized spacial score (nSPS) is 26.0. The van der Waals surface area contributed by atoms with E-state index in [9.17, 15) is 12.8 Å². The molecule has 0 aliphatic carbocycles. The first-order chi connectivity index (χ1) is 11.8. The topological polar surface area (TPSA) is 49.9 Å². The fourth-order valence-electron chi connectivity index (χ4n) is 3.29. The number of hydrogen-bond donors (Lipinski definition) is 0. The zero-order chi connectivity index (χ0) is 18.1. The molecule has 138 valence electrons. The Labute approximate surface area is 149 Å². The first-order valence-corrected chi connectivity index (χ1v) is 9.99. The van der Waals surface area contributed by atoms with Crippen LogP contribution in [0.4, 0.5) is 4.39 Å². The molecule has 3 rings (SSSR count). The standard InChI is InChI=1S/C18H25FN2O3S/c1-15(2)18(19)7-8-20(14-18)13-16-3-5-17(6-4-16)25(22,23)21-9-11-24-12-10-21/h3-6H,1,7-14H2,2H3. The molecule has 5 nitrogen and oxygen atoms in total. The third-order valence-electron chi connectivity index (χ3n) is 5.00. The molecule has 25 heavy (non-hydrogen) atoms. The Kier molecular flexibility index (Phi) is 5.29. The predicted molar refractivity (Wildman–Crippen MR) is 94.6 cm³/mol. The summed E-state index contributed by atoms with van der Waals surface area (Å²) < 4.78 is 46.4. The van der Waals surface area contributed by atoms with E-state index in [1.807, 2.05) is 17.0 Å². The molecule has 0 spiro atoms. The lowest BCUT2D eigenvalue weighted by molar-refractivity contribution is 0.0730. The highest BCUT2D eigenvalue weighted by Crippen LogP contribution is 2.32. The van der Waals surface area contributed by atoms with Crippen LogP contribution in [-0.4, -0.2) is 62.7 Å². The minimum Gasteiger partial charge on any atom is -0.379 e. The highest BCUT2D eigenvalue weighted by atomic mass is 32.2. The largest absolute Gasteiger partial charge is 0.379 e. The fraction of sp³-hybridized carbons (Fsp3) is 0.556. The second-order valence-corrected chi connectivity index (χ2v) is 8.80. The van der Waals surface area contributed by atoms with Crippen LogP contribution in [0.2, 0.25) is 0 Å². The van der Waals surface area contributed by atoms with Crippen molar-refractivity contribution in [2.45, 2.75) is 30.5 Å². The molecule has 2 saturated heterocycles. The molecule has 2 aliphatic rings. The van der Waals surface area contributed by atoms with E-state index in [1.54, 1.807) is 19.1 Å². The maximum absolute atomic E-state index is 14.6. The van der Waals surface area contributed by atoms with Crippen molar-refractivity contribution in [2.75, 3.05) is 39.4 Å². The third-order valence-corrected chi connectivity index (χ3v) is 6.91. The number of morpholine rings is 1. The highest BCUT2D eigenvalue weighted by Gasteiger charge is 2.38. The van der Waals surface area contributed by atoms with E-state index in [4.69, 9.17) is 4.74 Å². The Morgan fingerprint density at radius 3 is 2.44 bits per heavy atom. The smallest absolute Gasteiger partial charge is 0.243 e. The van der Waals surface area contributed by atoms with Crippen LogP contribution < -0.4 is 0 Å². The first kappa shape index (κ1) is 18.5. The van der Waals surface area contributed by atoms with Gasteiger partial charge in [0.05, 0.1) is 18.1 Å². The number of sulfonamides is 1. The van der Waals surface area contributed by atoms with Crippen molar-refractivity contribution < 1.29 is 17.5 Å². The van der Waals surface area contributed by atoms with Gasteiger partial charge in [-0.2, -0.15) is 4.31 Å². The van der Waals surface area contributed by atoms with Crippen molar-refractivity contribution in [3.8, 4) is 0 Å². The third kappa shape index (κ3) is 3.95. The zero-order valence-corrected chi connectivity index (χ0v) is 15.4. The van der Waals surface area contributed by atoms with Gasteiger partial charge >= 0.3 is 0 Å². The van der Waals surface area contributed by atoms with E-state index in [-0.39, 0.29) is 0 Å². The quantitative estimate of drug-likeness (QED) is 0.748. The van der Waals surface area contributed by atoms with Crippen LogP contribution in [0, 0.1) is 0 Å². The van der Waals surface area contributed by atoms with Gasteiger partial charge in [-0.15, -0.1) is 0 Å². The van der Waals surface area contributed by atoms with Gasteiger partial charge in [0.1, 0.15) is 5.67 Å². The molecule has 2 aliphatic heterocycles. The fourth-order valence-corrected chi connectivity index (χ4v) is 4.70. The van der Waals surface area contributed by atoms with Gasteiger partial charge in [0, 0.05) is 32.7 Å². The van der Waals surface area contributed by atoms with E-state index in [0.717, 1.165) is 5.56 Å². The van der Waals surface area contributed by atoms with Gasteiger partial charge in [-0.05, 0) is 36.6 Å². The van der Waals surface area contributed by atoms with E-state index in [0.29, 0.717) is 62.8 Å². The molecular formula is C18H25FN2O3S. The molecule has 0 saturated carbocycles. The summed E-state index contributed by atoms with van der Waals surface area (Å²) >= 11 is 0. The van der Waals surface area contributed by atoms with Crippen LogP contribution in [0.15, 0.2) is 41.3 Å². The van der Waals surface area contributed by atoms with Crippen LogP contribution in [-0.2, 0) is 21.3 Å². The van der Waals surface area contributed by atoms with Crippen molar-refractivity contribution in [1.29, 1.82) is 0 Å². The van der Waals surface area contributed by atoms with Gasteiger partial charge in [0.2, 0.25) is 10.0 Å². The molecule has 2 heterocycles. The summed E-state index contributed by atoms with van der Waals surface area (Å²) in [5.74, 6) is 0. The lowest BCUT2D eigenvalue weighted by atomic mass is 9.98. The predicted octanol–water partition coefficient (Wildman–Crippen LogP) is 2.20. The Morgan fingerprint density at radius 1 is 1.24 bits per heavy atom. The van der Waals surface area contributed by atoms with Crippen molar-refractivity contribution in [2.24, 2.45) is 0 Å². The Balaban J connectivity index is 1.66. The van der Waals surface area contributed by atoms with Gasteiger partial charge in [-0.25, -0.2) is 12.8 Å².